The van der Waals surface area contributed by atoms with E-state index in [1.807, 2.05) is 7.05 Å². The van der Waals surface area contributed by atoms with E-state index in [2.05, 4.69) is 23.1 Å². The lowest BCUT2D eigenvalue weighted by molar-refractivity contribution is 0.129. The zero-order chi connectivity index (χ0) is 13.0. The fraction of sp³-hybridized carbons (Fsp3) is 0.600. The van der Waals surface area contributed by atoms with Crippen LogP contribution >= 0.6 is 0 Å². The van der Waals surface area contributed by atoms with Gasteiger partial charge < -0.3 is 10.8 Å². The molecule has 0 bridgehead atoms. The predicted molar refractivity (Wildman–Crippen MR) is 74.5 cm³/mol. The van der Waals surface area contributed by atoms with Crippen molar-refractivity contribution >= 4 is 0 Å². The van der Waals surface area contributed by atoms with Crippen LogP contribution in [0.25, 0.3) is 0 Å². The topological polar surface area (TPSA) is 49.5 Å². The Morgan fingerprint density at radius 2 is 2.00 bits per heavy atom. The molecule has 1 aliphatic carbocycles. The molecule has 0 aromatic heterocycles. The molecule has 1 aromatic rings. The molecule has 0 saturated carbocycles. The van der Waals surface area contributed by atoms with Crippen LogP contribution in [0, 0.1) is 0 Å². The Bertz CT molecular complexity index is 392. The average molecular weight is 248 g/mol. The van der Waals surface area contributed by atoms with Gasteiger partial charge in [-0.2, -0.15) is 0 Å². The minimum Gasteiger partial charge on any atom is -0.390 e. The summed E-state index contributed by atoms with van der Waals surface area (Å²) < 4.78 is 0. The molecule has 1 atom stereocenters. The summed E-state index contributed by atoms with van der Waals surface area (Å²) in [4.78, 5) is 2.13. The van der Waals surface area contributed by atoms with Gasteiger partial charge in [0.25, 0.3) is 0 Å². The summed E-state index contributed by atoms with van der Waals surface area (Å²) in [6.07, 6.45) is 4.68. The highest BCUT2D eigenvalue weighted by Gasteiger charge is 2.11. The lowest BCUT2D eigenvalue weighted by atomic mass is 9.90. The molecule has 0 amide bonds. The van der Waals surface area contributed by atoms with E-state index in [-0.39, 0.29) is 0 Å². The number of rotatable bonds is 5. The first-order valence-electron chi connectivity index (χ1n) is 6.86. The van der Waals surface area contributed by atoms with Gasteiger partial charge in [-0.15, -0.1) is 0 Å². The Morgan fingerprint density at radius 3 is 2.72 bits per heavy atom. The third kappa shape index (κ3) is 3.55. The molecule has 3 N–H and O–H groups in total. The molecule has 2 rings (SSSR count). The van der Waals surface area contributed by atoms with E-state index in [0.29, 0.717) is 13.1 Å². The fourth-order valence-corrected chi connectivity index (χ4v) is 2.70. The zero-order valence-electron chi connectivity index (χ0n) is 11.2. The lowest BCUT2D eigenvalue weighted by Crippen LogP contribution is -2.33. The molecule has 3 heteroatoms. The number of aliphatic hydroxyl groups is 1. The van der Waals surface area contributed by atoms with Crippen molar-refractivity contribution in [3.05, 3.63) is 34.9 Å². The zero-order valence-corrected chi connectivity index (χ0v) is 11.2. The van der Waals surface area contributed by atoms with Crippen LogP contribution in [0.2, 0.25) is 0 Å². The van der Waals surface area contributed by atoms with Crippen LogP contribution in [0.1, 0.15) is 29.5 Å². The Morgan fingerprint density at radius 1 is 1.28 bits per heavy atom. The molecule has 0 aliphatic heterocycles. The van der Waals surface area contributed by atoms with E-state index >= 15 is 0 Å². The molecular weight excluding hydrogens is 224 g/mol. The van der Waals surface area contributed by atoms with Gasteiger partial charge in [-0.3, -0.25) is 4.90 Å². The van der Waals surface area contributed by atoms with Gasteiger partial charge in [0, 0.05) is 19.6 Å². The maximum Gasteiger partial charge on any atom is 0.0789 e. The quantitative estimate of drug-likeness (QED) is 0.826. The molecule has 1 unspecified atom stereocenters. The molecular formula is C15H24N2O. The molecule has 1 aromatic carbocycles. The van der Waals surface area contributed by atoms with Crippen LogP contribution in [-0.2, 0) is 19.4 Å². The second-order valence-electron chi connectivity index (χ2n) is 5.40. The number of hydrogen-bond acceptors (Lipinski definition) is 3. The highest BCUT2D eigenvalue weighted by atomic mass is 16.3. The van der Waals surface area contributed by atoms with Gasteiger partial charge in [-0.05, 0) is 49.4 Å². The molecule has 0 heterocycles. The first-order chi connectivity index (χ1) is 8.69. The molecule has 1 aliphatic rings. The van der Waals surface area contributed by atoms with Crippen LogP contribution < -0.4 is 5.73 Å². The summed E-state index contributed by atoms with van der Waals surface area (Å²) in [7, 11) is 2.03. The minimum atomic E-state index is -0.423. The fourth-order valence-electron chi connectivity index (χ4n) is 2.70. The van der Waals surface area contributed by atoms with Crippen LogP contribution in [0.3, 0.4) is 0 Å². The SMILES string of the molecule is CN(Cc1ccc2c(c1)CCCC2)CC(O)CN. The van der Waals surface area contributed by atoms with Crippen molar-refractivity contribution in [2.24, 2.45) is 5.73 Å². The van der Waals surface area contributed by atoms with Crippen molar-refractivity contribution in [3.8, 4) is 0 Å². The molecule has 0 fully saturated rings. The molecule has 0 radical (unpaired) electrons. The van der Waals surface area contributed by atoms with E-state index in [4.69, 9.17) is 5.73 Å². The Hall–Kier alpha value is -0.900. The number of benzene rings is 1. The summed E-state index contributed by atoms with van der Waals surface area (Å²) in [5, 5.41) is 9.53. The highest BCUT2D eigenvalue weighted by Crippen LogP contribution is 2.22. The van der Waals surface area contributed by atoms with E-state index in [0.717, 1.165) is 6.54 Å². The minimum absolute atomic E-state index is 0.328. The third-order valence-corrected chi connectivity index (χ3v) is 3.66. The van der Waals surface area contributed by atoms with Gasteiger partial charge in [0.1, 0.15) is 0 Å². The normalized spacial score (nSPS) is 16.7. The van der Waals surface area contributed by atoms with E-state index in [9.17, 15) is 5.11 Å². The van der Waals surface area contributed by atoms with Gasteiger partial charge in [0.2, 0.25) is 0 Å². The molecule has 18 heavy (non-hydrogen) atoms. The predicted octanol–water partition coefficient (Wildman–Crippen LogP) is 1.32. The number of hydrogen-bond donors (Lipinski definition) is 2. The number of fused-ring (bicyclic) bond motifs is 1. The number of nitrogens with zero attached hydrogens (tertiary/aromatic N) is 1. The van der Waals surface area contributed by atoms with E-state index < -0.39 is 6.10 Å². The van der Waals surface area contributed by atoms with Crippen molar-refractivity contribution in [3.63, 3.8) is 0 Å². The summed E-state index contributed by atoms with van der Waals surface area (Å²) >= 11 is 0. The number of aliphatic hydroxyl groups excluding tert-OH is 1. The summed E-state index contributed by atoms with van der Waals surface area (Å²) in [6.45, 7) is 1.84. The van der Waals surface area contributed by atoms with Crippen LogP contribution in [0.4, 0.5) is 0 Å². The van der Waals surface area contributed by atoms with Crippen LogP contribution in [0.15, 0.2) is 18.2 Å². The van der Waals surface area contributed by atoms with Crippen LogP contribution in [-0.4, -0.2) is 36.2 Å². The van der Waals surface area contributed by atoms with Gasteiger partial charge in [-0.25, -0.2) is 0 Å². The smallest absolute Gasteiger partial charge is 0.0789 e. The number of nitrogens with two attached hydrogens (primary N) is 1. The molecule has 0 saturated heterocycles. The summed E-state index contributed by atoms with van der Waals surface area (Å²) in [5.74, 6) is 0. The first kappa shape index (κ1) is 13.5. The first-order valence-corrected chi connectivity index (χ1v) is 6.86. The monoisotopic (exact) mass is 248 g/mol. The second-order valence-corrected chi connectivity index (χ2v) is 5.40. The molecule has 0 spiro atoms. The molecule has 3 nitrogen and oxygen atoms in total. The molecule has 100 valence electrons. The summed E-state index contributed by atoms with van der Waals surface area (Å²) in [6, 6.07) is 6.83. The van der Waals surface area contributed by atoms with Gasteiger partial charge in [0.15, 0.2) is 0 Å². The Labute approximate surface area is 110 Å². The Balaban J connectivity index is 1.97. The highest BCUT2D eigenvalue weighted by molar-refractivity contribution is 5.33. The van der Waals surface area contributed by atoms with Crippen molar-refractivity contribution in [1.82, 2.24) is 4.90 Å². The van der Waals surface area contributed by atoms with Crippen LogP contribution in [0.5, 0.6) is 0 Å². The maximum atomic E-state index is 9.53. The maximum absolute atomic E-state index is 9.53. The largest absolute Gasteiger partial charge is 0.390 e. The number of aryl methyl sites for hydroxylation is 2. The van der Waals surface area contributed by atoms with Crippen molar-refractivity contribution < 1.29 is 5.11 Å². The van der Waals surface area contributed by atoms with E-state index in [1.54, 1.807) is 0 Å². The third-order valence-electron chi connectivity index (χ3n) is 3.66. The van der Waals surface area contributed by atoms with Crippen molar-refractivity contribution in [2.75, 3.05) is 20.1 Å². The number of likely N-dealkylation sites (N-methyl/N-ethyl adjacent to an activating group) is 1. The average Bonchev–Trinajstić information content (AvgIpc) is 2.38. The lowest BCUT2D eigenvalue weighted by Gasteiger charge is -2.21. The Kier molecular flexibility index (Phi) is 4.75. The van der Waals surface area contributed by atoms with Gasteiger partial charge in [0.05, 0.1) is 6.10 Å². The second kappa shape index (κ2) is 6.32. The van der Waals surface area contributed by atoms with E-state index in [1.165, 1.54) is 42.4 Å². The van der Waals surface area contributed by atoms with Crippen molar-refractivity contribution in [1.29, 1.82) is 0 Å². The van der Waals surface area contributed by atoms with Gasteiger partial charge >= 0.3 is 0 Å². The summed E-state index contributed by atoms with van der Waals surface area (Å²) in [5.41, 5.74) is 9.81. The standard InChI is InChI=1S/C15H24N2O/c1-17(11-15(18)9-16)10-12-6-7-13-4-2-3-5-14(13)8-12/h6-8,15,18H,2-5,9-11,16H2,1H3. The van der Waals surface area contributed by atoms with Crippen molar-refractivity contribution in [2.45, 2.75) is 38.3 Å². The van der Waals surface area contributed by atoms with Gasteiger partial charge in [-0.1, -0.05) is 18.2 Å².